The molecule has 2 aliphatic rings. The van der Waals surface area contributed by atoms with Gasteiger partial charge in [-0.05, 0) is 82.2 Å². The van der Waals surface area contributed by atoms with Crippen LogP contribution in [0.3, 0.4) is 0 Å². The van der Waals surface area contributed by atoms with Gasteiger partial charge in [-0.15, -0.1) is 0 Å². The molecule has 5 atom stereocenters. The Balaban J connectivity index is 1.25. The van der Waals surface area contributed by atoms with Crippen molar-refractivity contribution >= 4 is 17.6 Å². The maximum absolute atomic E-state index is 13.6. The molecule has 4 unspecified atom stereocenters. The van der Waals surface area contributed by atoms with Crippen molar-refractivity contribution < 1.29 is 29.5 Å². The molecule has 292 valence electrons. The summed E-state index contributed by atoms with van der Waals surface area (Å²) in [6, 6.07) is 26.4. The number of hydrogen-bond acceptors (Lipinski definition) is 7. The molecule has 54 heavy (non-hydrogen) atoms. The molecule has 3 N–H and O–H groups in total. The number of nitro groups is 1. The standard InChI is InChI=1S/C44H59N3O7/c1-4-5-6-13-23-43(40(48)49)33(2)45-34(3)44(41(50)51,39(43)35-17-14-22-38(32-35)47(52)53)24-15-30-54-31-16-27-46-28-25-42(26-29-46,36-18-9-7-10-19-36)37-20-11-8-12-21-37/h7-12,14,17-22,32-34,39,45H,4-6,13,15-16,23-31H2,1-3H3,(H,48,49)(H,50,51)/t33-,34?,39?,43?,44?/m1/s1. The van der Waals surface area contributed by atoms with E-state index in [9.17, 15) is 29.9 Å². The molecule has 0 aliphatic carbocycles. The molecule has 2 saturated heterocycles. The van der Waals surface area contributed by atoms with Gasteiger partial charge >= 0.3 is 11.9 Å². The molecule has 10 nitrogen and oxygen atoms in total. The zero-order valence-electron chi connectivity index (χ0n) is 32.3. The van der Waals surface area contributed by atoms with Crippen LogP contribution in [-0.4, -0.2) is 76.9 Å². The van der Waals surface area contributed by atoms with Gasteiger partial charge < -0.3 is 25.2 Å². The van der Waals surface area contributed by atoms with Gasteiger partial charge in [-0.1, -0.05) is 105 Å². The number of carboxylic acids is 2. The number of nitro benzene ring substituents is 1. The van der Waals surface area contributed by atoms with Crippen LogP contribution in [0.25, 0.3) is 0 Å². The number of likely N-dealkylation sites (tertiary alicyclic amines) is 1. The summed E-state index contributed by atoms with van der Waals surface area (Å²) < 4.78 is 6.11. The SMILES string of the molecule is CCCCCCC1(C(=O)O)C(c2cccc([N+](=O)[O-])c2)C(CCCOCCCN2CCC(c3ccccc3)(c3ccccc3)CC2)(C(=O)O)C(C)N[C@@H]1C. The predicted octanol–water partition coefficient (Wildman–Crippen LogP) is 8.44. The topological polar surface area (TPSA) is 142 Å². The third-order valence-electron chi connectivity index (χ3n) is 12.7. The van der Waals surface area contributed by atoms with Crippen LogP contribution in [0, 0.1) is 20.9 Å². The fourth-order valence-corrected chi connectivity index (χ4v) is 9.82. The van der Waals surface area contributed by atoms with Gasteiger partial charge in [0.05, 0.1) is 15.8 Å². The molecule has 2 heterocycles. The Labute approximate surface area is 320 Å². The molecule has 0 aromatic heterocycles. The lowest BCUT2D eigenvalue weighted by atomic mass is 9.49. The Morgan fingerprint density at radius 2 is 1.35 bits per heavy atom. The lowest BCUT2D eigenvalue weighted by Gasteiger charge is -2.57. The number of non-ortho nitro benzene ring substituents is 1. The van der Waals surface area contributed by atoms with E-state index in [2.05, 4.69) is 77.8 Å². The third-order valence-corrected chi connectivity index (χ3v) is 12.7. The second kappa shape index (κ2) is 18.5. The van der Waals surface area contributed by atoms with Crippen LogP contribution in [0.4, 0.5) is 5.69 Å². The molecule has 0 spiro atoms. The normalized spacial score (nSPS) is 25.6. The van der Waals surface area contributed by atoms with E-state index in [0.717, 1.165) is 58.2 Å². The van der Waals surface area contributed by atoms with Gasteiger partial charge in [-0.3, -0.25) is 19.7 Å². The first kappa shape index (κ1) is 41.1. The second-order valence-electron chi connectivity index (χ2n) is 15.6. The van der Waals surface area contributed by atoms with Crippen molar-refractivity contribution in [1.29, 1.82) is 0 Å². The van der Waals surface area contributed by atoms with Crippen molar-refractivity contribution in [2.45, 2.75) is 108 Å². The van der Waals surface area contributed by atoms with E-state index in [4.69, 9.17) is 4.74 Å². The second-order valence-corrected chi connectivity index (χ2v) is 15.6. The van der Waals surface area contributed by atoms with Gasteiger partial charge in [0.2, 0.25) is 0 Å². The predicted molar refractivity (Wildman–Crippen MR) is 211 cm³/mol. The smallest absolute Gasteiger partial charge is 0.311 e. The van der Waals surface area contributed by atoms with Crippen LogP contribution < -0.4 is 5.32 Å². The summed E-state index contributed by atoms with van der Waals surface area (Å²) in [5.41, 5.74) is -0.127. The monoisotopic (exact) mass is 741 g/mol. The minimum Gasteiger partial charge on any atom is -0.481 e. The minimum atomic E-state index is -1.55. The summed E-state index contributed by atoms with van der Waals surface area (Å²) >= 11 is 0. The summed E-state index contributed by atoms with van der Waals surface area (Å²) in [7, 11) is 0. The van der Waals surface area contributed by atoms with E-state index in [1.807, 2.05) is 13.8 Å². The molecule has 5 rings (SSSR count). The van der Waals surface area contributed by atoms with E-state index >= 15 is 0 Å². The number of carbonyl (C=O) groups is 2. The Morgan fingerprint density at radius 1 is 0.796 bits per heavy atom. The Hall–Kier alpha value is -4.12. The third kappa shape index (κ3) is 8.41. The van der Waals surface area contributed by atoms with Crippen LogP contribution in [-0.2, 0) is 19.7 Å². The number of rotatable bonds is 19. The molecule has 0 saturated carbocycles. The quantitative estimate of drug-likeness (QED) is 0.0627. The van der Waals surface area contributed by atoms with Crippen LogP contribution in [0.5, 0.6) is 0 Å². The summed E-state index contributed by atoms with van der Waals surface area (Å²) in [5.74, 6) is -3.19. The van der Waals surface area contributed by atoms with E-state index in [1.54, 1.807) is 6.07 Å². The van der Waals surface area contributed by atoms with Gasteiger partial charge in [0.15, 0.2) is 0 Å². The highest BCUT2D eigenvalue weighted by atomic mass is 16.6. The number of carboxylic acid groups (broad SMARTS) is 2. The van der Waals surface area contributed by atoms with E-state index in [-0.39, 0.29) is 23.9 Å². The lowest BCUT2D eigenvalue weighted by Crippen LogP contribution is -2.69. The van der Waals surface area contributed by atoms with Gasteiger partial charge in [0.1, 0.15) is 0 Å². The average Bonchev–Trinajstić information content (AvgIpc) is 3.18. The molecule has 3 aromatic rings. The molecule has 0 radical (unpaired) electrons. The van der Waals surface area contributed by atoms with Gasteiger partial charge in [-0.2, -0.15) is 0 Å². The number of unbranched alkanes of at least 4 members (excludes halogenated alkanes) is 3. The maximum Gasteiger partial charge on any atom is 0.311 e. The largest absolute Gasteiger partial charge is 0.481 e. The number of aliphatic carboxylic acids is 2. The van der Waals surface area contributed by atoms with Crippen LogP contribution in [0.1, 0.15) is 108 Å². The zero-order valence-corrected chi connectivity index (χ0v) is 32.3. The molecular formula is C44H59N3O7. The Kier molecular flexibility index (Phi) is 14.0. The fraction of sp³-hybridized carbons (Fsp3) is 0.545. The molecule has 2 fully saturated rings. The summed E-state index contributed by atoms with van der Waals surface area (Å²) in [6.45, 7) is 9.45. The van der Waals surface area contributed by atoms with Crippen LogP contribution in [0.2, 0.25) is 0 Å². The van der Waals surface area contributed by atoms with Crippen molar-refractivity contribution in [3.63, 3.8) is 0 Å². The van der Waals surface area contributed by atoms with E-state index < -0.39 is 45.7 Å². The molecule has 2 aliphatic heterocycles. The van der Waals surface area contributed by atoms with Gasteiger partial charge in [-0.25, -0.2) is 0 Å². The van der Waals surface area contributed by atoms with Crippen molar-refractivity contribution in [3.05, 3.63) is 112 Å². The minimum absolute atomic E-state index is 0.00517. The number of nitrogens with zero attached hydrogens (tertiary/aromatic N) is 2. The number of hydrogen-bond donors (Lipinski definition) is 3. The van der Waals surface area contributed by atoms with Crippen LogP contribution in [0.15, 0.2) is 84.9 Å². The van der Waals surface area contributed by atoms with Gasteiger partial charge in [0, 0.05) is 55.3 Å². The zero-order chi connectivity index (χ0) is 38.8. The fourth-order valence-electron chi connectivity index (χ4n) is 9.82. The molecular weight excluding hydrogens is 682 g/mol. The highest BCUT2D eigenvalue weighted by molar-refractivity contribution is 5.84. The summed E-state index contributed by atoms with van der Waals surface area (Å²) in [4.78, 5) is 41.0. The van der Waals surface area contributed by atoms with E-state index in [0.29, 0.717) is 31.6 Å². The van der Waals surface area contributed by atoms with Gasteiger partial charge in [0.25, 0.3) is 5.69 Å². The van der Waals surface area contributed by atoms with Crippen LogP contribution >= 0.6 is 0 Å². The molecule has 10 heteroatoms. The average molecular weight is 742 g/mol. The number of ether oxygens (including phenoxy) is 1. The van der Waals surface area contributed by atoms with E-state index in [1.165, 1.54) is 29.3 Å². The summed E-state index contributed by atoms with van der Waals surface area (Å²) in [5, 5.41) is 37.5. The van der Waals surface area contributed by atoms with Crippen molar-refractivity contribution in [3.8, 4) is 0 Å². The molecule has 0 amide bonds. The lowest BCUT2D eigenvalue weighted by molar-refractivity contribution is -0.385. The first-order valence-electron chi connectivity index (χ1n) is 19.9. The number of benzene rings is 3. The van der Waals surface area contributed by atoms with Crippen molar-refractivity contribution in [2.24, 2.45) is 10.8 Å². The number of piperidine rings is 2. The molecule has 3 aromatic carbocycles. The highest BCUT2D eigenvalue weighted by Crippen LogP contribution is 2.59. The van der Waals surface area contributed by atoms with Crippen molar-refractivity contribution in [1.82, 2.24) is 10.2 Å². The first-order chi connectivity index (χ1) is 26.0. The maximum atomic E-state index is 13.6. The first-order valence-corrected chi connectivity index (χ1v) is 19.9. The summed E-state index contributed by atoms with van der Waals surface area (Å²) in [6.07, 6.45) is 7.09. The number of nitrogens with one attached hydrogen (secondary N) is 1. The Morgan fingerprint density at radius 3 is 1.89 bits per heavy atom. The Bertz CT molecular complexity index is 1640. The molecule has 0 bridgehead atoms. The van der Waals surface area contributed by atoms with Crippen molar-refractivity contribution in [2.75, 3.05) is 32.8 Å². The highest BCUT2D eigenvalue weighted by Gasteiger charge is 2.66.